The molecule has 0 unspecified atom stereocenters. The lowest BCUT2D eigenvalue weighted by Gasteiger charge is -2.17. The molecule has 2 aromatic carbocycles. The number of aromatic nitrogens is 2. The summed E-state index contributed by atoms with van der Waals surface area (Å²) in [6.07, 6.45) is 3.75. The second-order valence-electron chi connectivity index (χ2n) is 5.47. The number of pyridine rings is 2. The minimum atomic E-state index is 0.782. The van der Waals surface area contributed by atoms with E-state index in [4.69, 9.17) is 12.6 Å². The molecule has 2 aromatic heterocycles. The SMILES string of the molecule is CCSc1c(Sc2c([S-])cnc3ccccc23)cnc2ccccc12. The Morgan fingerprint density at radius 3 is 2.12 bits per heavy atom. The maximum Gasteiger partial charge on any atom is 0.0714 e. The molecule has 0 saturated heterocycles. The van der Waals surface area contributed by atoms with E-state index in [0.717, 1.165) is 36.9 Å². The molecule has 0 atom stereocenters. The molecule has 0 aliphatic carbocycles. The van der Waals surface area contributed by atoms with Crippen LogP contribution in [0.3, 0.4) is 0 Å². The predicted octanol–water partition coefficient (Wildman–Crippen LogP) is 5.95. The first-order valence-corrected chi connectivity index (χ1v) is 10.2. The average Bonchev–Trinajstić information content (AvgIpc) is 2.66. The first kappa shape index (κ1) is 16.6. The molecule has 0 radical (unpaired) electrons. The number of nitrogens with zero attached hydrogens (tertiary/aromatic N) is 2. The molecule has 0 fully saturated rings. The van der Waals surface area contributed by atoms with Crippen molar-refractivity contribution >= 4 is 58.0 Å². The molecular weight excluding hydrogens is 364 g/mol. The number of fused-ring (bicyclic) bond motifs is 2. The van der Waals surface area contributed by atoms with Crippen LogP contribution in [0.4, 0.5) is 0 Å². The normalized spacial score (nSPS) is 11.2. The van der Waals surface area contributed by atoms with E-state index in [1.807, 2.05) is 42.2 Å². The van der Waals surface area contributed by atoms with Crippen LogP contribution >= 0.6 is 23.5 Å². The second-order valence-corrected chi connectivity index (χ2v) is 8.24. The van der Waals surface area contributed by atoms with Gasteiger partial charge < -0.3 is 12.6 Å². The highest BCUT2D eigenvalue weighted by Crippen LogP contribution is 2.42. The lowest BCUT2D eigenvalue weighted by Crippen LogP contribution is -1.90. The van der Waals surface area contributed by atoms with Gasteiger partial charge in [-0.1, -0.05) is 55.1 Å². The Morgan fingerprint density at radius 2 is 1.44 bits per heavy atom. The van der Waals surface area contributed by atoms with Crippen molar-refractivity contribution in [3.05, 3.63) is 60.9 Å². The lowest BCUT2D eigenvalue weighted by atomic mass is 10.2. The van der Waals surface area contributed by atoms with Crippen LogP contribution in [-0.2, 0) is 12.6 Å². The summed E-state index contributed by atoms with van der Waals surface area (Å²) in [6, 6.07) is 16.4. The van der Waals surface area contributed by atoms with Crippen LogP contribution in [0.2, 0.25) is 0 Å². The van der Waals surface area contributed by atoms with Gasteiger partial charge in [-0.15, -0.1) is 16.7 Å². The summed E-state index contributed by atoms with van der Waals surface area (Å²) in [5.74, 6) is 1.01. The molecular formula is C20H15N2S3-. The Bertz CT molecular complexity index is 1060. The number of hydrogen-bond acceptors (Lipinski definition) is 5. The van der Waals surface area contributed by atoms with E-state index in [9.17, 15) is 0 Å². The third-order valence-corrected chi connectivity index (χ3v) is 6.65. The van der Waals surface area contributed by atoms with Crippen molar-refractivity contribution in [2.75, 3.05) is 5.75 Å². The van der Waals surface area contributed by atoms with Gasteiger partial charge in [0.15, 0.2) is 0 Å². The van der Waals surface area contributed by atoms with Crippen LogP contribution in [0.15, 0.2) is 80.5 Å². The van der Waals surface area contributed by atoms with Crippen LogP contribution < -0.4 is 0 Å². The molecule has 124 valence electrons. The summed E-state index contributed by atoms with van der Waals surface area (Å²) in [6.45, 7) is 2.18. The summed E-state index contributed by atoms with van der Waals surface area (Å²) in [4.78, 5) is 13.4. The van der Waals surface area contributed by atoms with Gasteiger partial charge in [0.1, 0.15) is 0 Å². The topological polar surface area (TPSA) is 25.8 Å². The van der Waals surface area contributed by atoms with Crippen LogP contribution in [0.5, 0.6) is 0 Å². The maximum absolute atomic E-state index is 5.57. The zero-order valence-corrected chi connectivity index (χ0v) is 16.0. The molecule has 0 aliphatic rings. The first-order valence-electron chi connectivity index (χ1n) is 8.01. The number of thioether (sulfide) groups is 1. The summed E-state index contributed by atoms with van der Waals surface area (Å²) in [5.41, 5.74) is 2.00. The summed E-state index contributed by atoms with van der Waals surface area (Å²) < 4.78 is 0. The predicted molar refractivity (Wildman–Crippen MR) is 110 cm³/mol. The molecule has 0 bridgehead atoms. The van der Waals surface area contributed by atoms with Crippen molar-refractivity contribution < 1.29 is 0 Å². The highest BCUT2D eigenvalue weighted by molar-refractivity contribution is 8.02. The Labute approximate surface area is 160 Å². The van der Waals surface area contributed by atoms with E-state index >= 15 is 0 Å². The van der Waals surface area contributed by atoms with Crippen LogP contribution in [-0.4, -0.2) is 15.7 Å². The van der Waals surface area contributed by atoms with Gasteiger partial charge in [-0.25, -0.2) is 0 Å². The fraction of sp³-hybridized carbons (Fsp3) is 0.100. The van der Waals surface area contributed by atoms with E-state index < -0.39 is 0 Å². The Kier molecular flexibility index (Phi) is 4.79. The first-order chi connectivity index (χ1) is 12.3. The molecule has 0 aliphatic heterocycles. The van der Waals surface area contributed by atoms with Crippen molar-refractivity contribution in [2.45, 2.75) is 26.5 Å². The molecule has 2 heterocycles. The number of para-hydroxylation sites is 2. The number of hydrogen-bond donors (Lipinski definition) is 0. The fourth-order valence-corrected chi connectivity index (χ4v) is 5.14. The van der Waals surface area contributed by atoms with Gasteiger partial charge in [0.25, 0.3) is 0 Å². The summed E-state index contributed by atoms with van der Waals surface area (Å²) in [5, 5.41) is 2.30. The molecule has 0 amide bonds. The zero-order valence-electron chi connectivity index (χ0n) is 13.6. The molecule has 0 saturated carbocycles. The van der Waals surface area contributed by atoms with E-state index in [1.54, 1.807) is 18.0 Å². The number of benzene rings is 2. The minimum absolute atomic E-state index is 0.782. The van der Waals surface area contributed by atoms with Gasteiger partial charge in [-0.3, -0.25) is 9.97 Å². The van der Waals surface area contributed by atoms with E-state index in [1.165, 1.54) is 10.3 Å². The van der Waals surface area contributed by atoms with Crippen molar-refractivity contribution in [3.63, 3.8) is 0 Å². The highest BCUT2D eigenvalue weighted by atomic mass is 32.2. The fourth-order valence-electron chi connectivity index (χ4n) is 2.78. The van der Waals surface area contributed by atoms with E-state index in [2.05, 4.69) is 41.2 Å². The summed E-state index contributed by atoms with van der Waals surface area (Å²) >= 11 is 9.12. The van der Waals surface area contributed by atoms with Crippen LogP contribution in [0.1, 0.15) is 6.92 Å². The van der Waals surface area contributed by atoms with Gasteiger partial charge in [-0.2, -0.15) is 0 Å². The molecule has 2 nitrogen and oxygen atoms in total. The largest absolute Gasteiger partial charge is 0.777 e. The van der Waals surface area contributed by atoms with Gasteiger partial charge in [0.2, 0.25) is 0 Å². The van der Waals surface area contributed by atoms with Gasteiger partial charge >= 0.3 is 0 Å². The second kappa shape index (κ2) is 7.20. The molecule has 0 spiro atoms. The Hall–Kier alpha value is -1.82. The van der Waals surface area contributed by atoms with E-state index in [-0.39, 0.29) is 0 Å². The Balaban J connectivity index is 1.89. The van der Waals surface area contributed by atoms with Gasteiger partial charge in [-0.05, 0) is 17.9 Å². The van der Waals surface area contributed by atoms with Crippen molar-refractivity contribution in [1.29, 1.82) is 0 Å². The molecule has 4 rings (SSSR count). The number of rotatable bonds is 4. The third-order valence-electron chi connectivity index (χ3n) is 3.89. The molecule has 0 N–H and O–H groups in total. The maximum atomic E-state index is 5.57. The monoisotopic (exact) mass is 379 g/mol. The standard InChI is InChI=1S/C20H16N2S3/c1-2-24-20-14-8-4-6-10-16(14)22-12-18(20)25-19-13-7-3-5-9-15(13)21-11-17(19)23/h3-12,23H,2H2,1H3/p-1. The zero-order chi connectivity index (χ0) is 17.2. The smallest absolute Gasteiger partial charge is 0.0714 e. The lowest BCUT2D eigenvalue weighted by molar-refractivity contribution is 1.17. The summed E-state index contributed by atoms with van der Waals surface area (Å²) in [7, 11) is 0. The average molecular weight is 380 g/mol. The van der Waals surface area contributed by atoms with Crippen LogP contribution in [0.25, 0.3) is 21.8 Å². The van der Waals surface area contributed by atoms with Crippen molar-refractivity contribution in [2.24, 2.45) is 0 Å². The minimum Gasteiger partial charge on any atom is -0.777 e. The molecule has 5 heteroatoms. The van der Waals surface area contributed by atoms with Gasteiger partial charge in [0.05, 0.1) is 11.0 Å². The quantitative estimate of drug-likeness (QED) is 0.322. The Morgan fingerprint density at radius 1 is 0.840 bits per heavy atom. The highest BCUT2D eigenvalue weighted by Gasteiger charge is 2.12. The van der Waals surface area contributed by atoms with Gasteiger partial charge in [0, 0.05) is 37.9 Å². The molecule has 4 aromatic rings. The van der Waals surface area contributed by atoms with Crippen molar-refractivity contribution in [1.82, 2.24) is 9.97 Å². The third kappa shape index (κ3) is 3.19. The molecule has 25 heavy (non-hydrogen) atoms. The van der Waals surface area contributed by atoms with Crippen LogP contribution in [0, 0.1) is 0 Å². The van der Waals surface area contributed by atoms with Crippen molar-refractivity contribution in [3.8, 4) is 0 Å². The van der Waals surface area contributed by atoms with E-state index in [0.29, 0.717) is 0 Å².